The van der Waals surface area contributed by atoms with Crippen LogP contribution >= 0.6 is 0 Å². The minimum atomic E-state index is -3.68. The fourth-order valence-electron chi connectivity index (χ4n) is 3.39. The van der Waals surface area contributed by atoms with Crippen LogP contribution in [0.2, 0.25) is 0 Å². The summed E-state index contributed by atoms with van der Waals surface area (Å²) in [5, 5.41) is 10.5. The zero-order valence-electron chi connectivity index (χ0n) is 18.5. The molecule has 0 aliphatic rings. The fourth-order valence-corrected chi connectivity index (χ4v) is 4.32. The first kappa shape index (κ1) is 23.7. The van der Waals surface area contributed by atoms with Crippen molar-refractivity contribution in [2.75, 3.05) is 20.7 Å². The zero-order valence-corrected chi connectivity index (χ0v) is 19.3. The molecule has 10 heteroatoms. The molecule has 1 atom stereocenters. The summed E-state index contributed by atoms with van der Waals surface area (Å²) in [6.07, 6.45) is -1.02. The lowest BCUT2D eigenvalue weighted by Crippen LogP contribution is -2.31. The average Bonchev–Trinajstić information content (AvgIpc) is 3.02. The van der Waals surface area contributed by atoms with E-state index in [1.54, 1.807) is 30.3 Å². The molecule has 1 N–H and O–H groups in total. The van der Waals surface area contributed by atoms with E-state index in [0.29, 0.717) is 28.9 Å². The first-order valence-corrected chi connectivity index (χ1v) is 11.6. The van der Waals surface area contributed by atoms with E-state index >= 15 is 0 Å². The maximum atomic E-state index is 12.9. The number of aromatic nitrogens is 2. The summed E-state index contributed by atoms with van der Waals surface area (Å²) in [7, 11) is -0.806. The van der Waals surface area contributed by atoms with Gasteiger partial charge in [-0.15, -0.1) is 0 Å². The summed E-state index contributed by atoms with van der Waals surface area (Å²) in [4.78, 5) is 24.3. The van der Waals surface area contributed by atoms with Crippen molar-refractivity contribution in [1.29, 1.82) is 0 Å². The van der Waals surface area contributed by atoms with Crippen LogP contribution in [0.3, 0.4) is 0 Å². The van der Waals surface area contributed by atoms with Crippen molar-refractivity contribution in [3.05, 3.63) is 58.5 Å². The number of ketones is 1. The summed E-state index contributed by atoms with van der Waals surface area (Å²) in [5.41, 5.74) is 1.22. The molecule has 0 saturated carbocycles. The summed E-state index contributed by atoms with van der Waals surface area (Å²) >= 11 is 0. The lowest BCUT2D eigenvalue weighted by atomic mass is 10.1. The normalized spacial score (nSPS) is 12.9. The second-order valence-corrected chi connectivity index (χ2v) is 9.77. The highest BCUT2D eigenvalue weighted by Gasteiger charge is 2.21. The maximum absolute atomic E-state index is 12.9. The minimum absolute atomic E-state index is 0.0566. The van der Waals surface area contributed by atoms with Crippen LogP contribution in [0.4, 0.5) is 0 Å². The quantitative estimate of drug-likeness (QED) is 0.486. The Balaban J connectivity index is 1.87. The highest BCUT2D eigenvalue weighted by Crippen LogP contribution is 2.21. The summed E-state index contributed by atoms with van der Waals surface area (Å²) in [5.74, 6) is 0.427. The predicted molar refractivity (Wildman–Crippen MR) is 121 cm³/mol. The summed E-state index contributed by atoms with van der Waals surface area (Å²) < 4.78 is 34.6. The van der Waals surface area contributed by atoms with Crippen LogP contribution in [-0.2, 0) is 23.1 Å². The van der Waals surface area contributed by atoms with E-state index in [9.17, 15) is 23.1 Å². The molecular weight excluding hydrogens is 434 g/mol. The van der Waals surface area contributed by atoms with E-state index in [4.69, 9.17) is 4.74 Å². The SMILES string of the molecule is CCn1c(=O)n(C[C@H](O)COc2ccc(C(C)=O)cc2)c2cc(S(=O)(=O)N(C)C)ccc21. The number of sulfonamides is 1. The molecule has 0 unspecified atom stereocenters. The number of ether oxygens (including phenoxy) is 1. The van der Waals surface area contributed by atoms with Crippen molar-refractivity contribution in [1.82, 2.24) is 13.4 Å². The van der Waals surface area contributed by atoms with E-state index in [1.165, 1.54) is 42.3 Å². The molecule has 0 aliphatic heterocycles. The molecule has 1 aromatic heterocycles. The lowest BCUT2D eigenvalue weighted by Gasteiger charge is -2.14. The molecule has 2 aromatic carbocycles. The van der Waals surface area contributed by atoms with Crippen molar-refractivity contribution in [3.8, 4) is 5.75 Å². The first-order valence-electron chi connectivity index (χ1n) is 10.1. The number of benzene rings is 2. The molecule has 0 bridgehead atoms. The molecule has 32 heavy (non-hydrogen) atoms. The van der Waals surface area contributed by atoms with E-state index in [0.717, 1.165) is 4.31 Å². The Morgan fingerprint density at radius 1 is 1.09 bits per heavy atom. The predicted octanol–water partition coefficient (Wildman–Crippen LogP) is 1.72. The van der Waals surface area contributed by atoms with Gasteiger partial charge in [0.05, 0.1) is 22.5 Å². The number of aryl methyl sites for hydroxylation is 1. The van der Waals surface area contributed by atoms with E-state index < -0.39 is 16.1 Å². The van der Waals surface area contributed by atoms with Gasteiger partial charge in [0.2, 0.25) is 10.0 Å². The number of imidazole rings is 1. The molecule has 9 nitrogen and oxygen atoms in total. The Morgan fingerprint density at radius 2 is 1.75 bits per heavy atom. The van der Waals surface area contributed by atoms with Gasteiger partial charge in [-0.05, 0) is 56.3 Å². The van der Waals surface area contributed by atoms with Crippen LogP contribution in [0, 0.1) is 0 Å². The van der Waals surface area contributed by atoms with E-state index in [2.05, 4.69) is 0 Å². The summed E-state index contributed by atoms with van der Waals surface area (Å²) in [6, 6.07) is 11.1. The van der Waals surface area contributed by atoms with Crippen molar-refractivity contribution >= 4 is 26.8 Å². The zero-order chi connectivity index (χ0) is 23.6. The Morgan fingerprint density at radius 3 is 2.31 bits per heavy atom. The van der Waals surface area contributed by atoms with Gasteiger partial charge in [-0.2, -0.15) is 0 Å². The van der Waals surface area contributed by atoms with Crippen LogP contribution in [0.1, 0.15) is 24.2 Å². The first-order chi connectivity index (χ1) is 15.1. The molecule has 0 radical (unpaired) electrons. The standard InChI is InChI=1S/C22H27N3O6S/c1-5-24-20-11-10-19(32(29,30)23(3)4)12-21(20)25(22(24)28)13-17(27)14-31-18-8-6-16(7-9-18)15(2)26/h6-12,17,27H,5,13-14H2,1-4H3/t17-/m0/s1. The van der Waals surface area contributed by atoms with Gasteiger partial charge in [-0.25, -0.2) is 17.5 Å². The van der Waals surface area contributed by atoms with Gasteiger partial charge in [0.1, 0.15) is 18.5 Å². The van der Waals surface area contributed by atoms with Gasteiger partial charge >= 0.3 is 5.69 Å². The monoisotopic (exact) mass is 461 g/mol. The fraction of sp³-hybridized carbons (Fsp3) is 0.364. The van der Waals surface area contributed by atoms with Gasteiger partial charge in [0.15, 0.2) is 5.78 Å². The number of fused-ring (bicyclic) bond motifs is 1. The minimum Gasteiger partial charge on any atom is -0.491 e. The second-order valence-electron chi connectivity index (χ2n) is 7.62. The van der Waals surface area contributed by atoms with Crippen LogP contribution in [0.15, 0.2) is 52.2 Å². The molecule has 1 heterocycles. The van der Waals surface area contributed by atoms with Gasteiger partial charge < -0.3 is 9.84 Å². The van der Waals surface area contributed by atoms with Gasteiger partial charge in [-0.3, -0.25) is 13.9 Å². The number of hydrogen-bond acceptors (Lipinski definition) is 6. The number of Topliss-reactive ketones (excluding diaryl/α,β-unsaturated/α-hetero) is 1. The lowest BCUT2D eigenvalue weighted by molar-refractivity contribution is 0.0923. The van der Waals surface area contributed by atoms with Crippen molar-refractivity contribution in [2.24, 2.45) is 0 Å². The van der Waals surface area contributed by atoms with Gasteiger partial charge in [0.25, 0.3) is 0 Å². The third-order valence-electron chi connectivity index (χ3n) is 5.18. The molecule has 0 aliphatic carbocycles. The van der Waals surface area contributed by atoms with Gasteiger partial charge in [0, 0.05) is 26.2 Å². The molecular formula is C22H27N3O6S. The Bertz CT molecular complexity index is 1290. The van der Waals surface area contributed by atoms with Crippen molar-refractivity contribution in [2.45, 2.75) is 37.9 Å². The van der Waals surface area contributed by atoms with Crippen LogP contribution < -0.4 is 10.4 Å². The van der Waals surface area contributed by atoms with Crippen LogP contribution in [0.5, 0.6) is 5.75 Å². The second kappa shape index (κ2) is 9.27. The average molecular weight is 462 g/mol. The largest absolute Gasteiger partial charge is 0.491 e. The van der Waals surface area contributed by atoms with Crippen LogP contribution in [0.25, 0.3) is 11.0 Å². The molecule has 172 valence electrons. The molecule has 0 fully saturated rings. The van der Waals surface area contributed by atoms with Crippen molar-refractivity contribution < 1.29 is 23.1 Å². The third kappa shape index (κ3) is 4.62. The number of carbonyl (C=O) groups excluding carboxylic acids is 1. The van der Waals surface area contributed by atoms with E-state index in [-0.39, 0.29) is 29.5 Å². The number of aliphatic hydroxyl groups excluding tert-OH is 1. The van der Waals surface area contributed by atoms with Crippen LogP contribution in [-0.4, -0.2) is 59.6 Å². The third-order valence-corrected chi connectivity index (χ3v) is 6.99. The topological polar surface area (TPSA) is 111 Å². The smallest absolute Gasteiger partial charge is 0.329 e. The molecule has 0 saturated heterocycles. The molecule has 0 amide bonds. The maximum Gasteiger partial charge on any atom is 0.329 e. The number of nitrogens with zero attached hydrogens (tertiary/aromatic N) is 3. The number of aliphatic hydroxyl groups is 1. The van der Waals surface area contributed by atoms with Crippen molar-refractivity contribution in [3.63, 3.8) is 0 Å². The Hall–Kier alpha value is -2.95. The number of rotatable bonds is 9. The molecule has 3 aromatic rings. The highest BCUT2D eigenvalue weighted by atomic mass is 32.2. The molecule has 0 spiro atoms. The number of hydrogen-bond donors (Lipinski definition) is 1. The Kier molecular flexibility index (Phi) is 6.87. The molecule has 3 rings (SSSR count). The Labute approximate surface area is 186 Å². The highest BCUT2D eigenvalue weighted by molar-refractivity contribution is 7.89. The number of carbonyl (C=O) groups is 1. The summed E-state index contributed by atoms with van der Waals surface area (Å²) in [6.45, 7) is 3.54. The van der Waals surface area contributed by atoms with Gasteiger partial charge in [-0.1, -0.05) is 0 Å². The van der Waals surface area contributed by atoms with E-state index in [1.807, 2.05) is 6.92 Å².